The molecule has 2 heterocycles. The Morgan fingerprint density at radius 3 is 2.95 bits per heavy atom. The fourth-order valence-electron chi connectivity index (χ4n) is 3.04. The topological polar surface area (TPSA) is 85.3 Å². The molecule has 22 heavy (non-hydrogen) atoms. The molecule has 1 aromatic heterocycles. The second-order valence-electron chi connectivity index (χ2n) is 6.01. The van der Waals surface area contributed by atoms with Crippen molar-refractivity contribution in [3.63, 3.8) is 0 Å². The first-order valence-electron chi connectivity index (χ1n) is 7.60. The Morgan fingerprint density at radius 1 is 1.41 bits per heavy atom. The maximum Gasteiger partial charge on any atom is 0.270 e. The molecule has 3 rings (SSSR count). The van der Waals surface area contributed by atoms with Crippen LogP contribution >= 0.6 is 0 Å². The Bertz CT molecular complexity index is 702. The lowest BCUT2D eigenvalue weighted by Crippen LogP contribution is -2.42. The molecule has 0 radical (unpaired) electrons. The van der Waals surface area contributed by atoms with Crippen molar-refractivity contribution in [1.29, 1.82) is 0 Å². The molecule has 0 bridgehead atoms. The minimum absolute atomic E-state index is 0.0945. The van der Waals surface area contributed by atoms with Gasteiger partial charge in [0.1, 0.15) is 5.82 Å². The van der Waals surface area contributed by atoms with Gasteiger partial charge in [0.2, 0.25) is 0 Å². The van der Waals surface area contributed by atoms with Crippen LogP contribution in [0.25, 0.3) is 10.9 Å². The zero-order valence-electron chi connectivity index (χ0n) is 12.6. The molecule has 0 amide bonds. The van der Waals surface area contributed by atoms with Crippen LogP contribution in [0, 0.1) is 16.0 Å². The molecule has 1 aliphatic rings. The lowest BCUT2D eigenvalue weighted by atomic mass is 9.92. The third-order valence-electron chi connectivity index (χ3n) is 4.39. The number of fused-ring (bicyclic) bond motifs is 1. The number of rotatable bonds is 3. The number of hydrogen-bond donors (Lipinski definition) is 1. The summed E-state index contributed by atoms with van der Waals surface area (Å²) in [5, 5.41) is 11.6. The smallest absolute Gasteiger partial charge is 0.270 e. The summed E-state index contributed by atoms with van der Waals surface area (Å²) in [6, 6.07) is 8.80. The fourth-order valence-corrected chi connectivity index (χ4v) is 3.04. The number of nitro groups is 1. The van der Waals surface area contributed by atoms with Gasteiger partial charge in [0, 0.05) is 36.7 Å². The van der Waals surface area contributed by atoms with Crippen molar-refractivity contribution in [2.45, 2.75) is 25.8 Å². The van der Waals surface area contributed by atoms with Crippen molar-refractivity contribution >= 4 is 22.4 Å². The van der Waals surface area contributed by atoms with Gasteiger partial charge in [-0.25, -0.2) is 4.98 Å². The largest absolute Gasteiger partial charge is 0.356 e. The van der Waals surface area contributed by atoms with Crippen molar-refractivity contribution < 1.29 is 4.92 Å². The molecule has 6 heteroatoms. The van der Waals surface area contributed by atoms with Crippen LogP contribution in [-0.4, -0.2) is 29.0 Å². The molecule has 0 aliphatic carbocycles. The van der Waals surface area contributed by atoms with E-state index < -0.39 is 0 Å². The number of piperidine rings is 1. The Labute approximate surface area is 129 Å². The molecule has 2 N–H and O–H groups in total. The summed E-state index contributed by atoms with van der Waals surface area (Å²) in [6.45, 7) is 3.96. The van der Waals surface area contributed by atoms with Gasteiger partial charge in [0.25, 0.3) is 5.69 Å². The fraction of sp³-hybridized carbons (Fsp3) is 0.438. The number of non-ortho nitro benzene ring substituents is 1. The Balaban J connectivity index is 1.88. The van der Waals surface area contributed by atoms with Gasteiger partial charge in [0.15, 0.2) is 0 Å². The Kier molecular flexibility index (Phi) is 3.94. The third kappa shape index (κ3) is 2.87. The molecule has 6 nitrogen and oxygen atoms in total. The SMILES string of the molecule is CC(N)C1CCCN(c2ccc3cc([N+](=O)[O-])ccc3n2)C1. The first kappa shape index (κ1) is 14.7. The van der Waals surface area contributed by atoms with Crippen LogP contribution < -0.4 is 10.6 Å². The quantitative estimate of drug-likeness (QED) is 0.696. The number of benzene rings is 1. The molecule has 1 aliphatic heterocycles. The van der Waals surface area contributed by atoms with Crippen molar-refractivity contribution in [2.75, 3.05) is 18.0 Å². The number of nitrogens with zero attached hydrogens (tertiary/aromatic N) is 3. The second-order valence-corrected chi connectivity index (χ2v) is 6.01. The third-order valence-corrected chi connectivity index (χ3v) is 4.39. The lowest BCUT2D eigenvalue weighted by Gasteiger charge is -2.35. The predicted molar refractivity (Wildman–Crippen MR) is 87.0 cm³/mol. The first-order chi connectivity index (χ1) is 10.5. The zero-order chi connectivity index (χ0) is 15.7. The molecule has 1 saturated heterocycles. The predicted octanol–water partition coefficient (Wildman–Crippen LogP) is 2.71. The van der Waals surface area contributed by atoms with Crippen LogP contribution in [0.1, 0.15) is 19.8 Å². The molecule has 1 fully saturated rings. The number of anilines is 1. The molecule has 0 saturated carbocycles. The summed E-state index contributed by atoms with van der Waals surface area (Å²) in [6.07, 6.45) is 2.28. The van der Waals surface area contributed by atoms with Gasteiger partial charge in [-0.15, -0.1) is 0 Å². The van der Waals surface area contributed by atoms with E-state index in [4.69, 9.17) is 5.73 Å². The molecule has 2 unspecified atom stereocenters. The number of aromatic nitrogens is 1. The molecular weight excluding hydrogens is 280 g/mol. The monoisotopic (exact) mass is 300 g/mol. The highest BCUT2D eigenvalue weighted by Crippen LogP contribution is 2.26. The number of nitro benzene ring substituents is 1. The molecule has 116 valence electrons. The van der Waals surface area contributed by atoms with Gasteiger partial charge >= 0.3 is 0 Å². The molecular formula is C16H20N4O2. The average Bonchev–Trinajstić information content (AvgIpc) is 2.53. The van der Waals surface area contributed by atoms with Crippen LogP contribution in [-0.2, 0) is 0 Å². The summed E-state index contributed by atoms with van der Waals surface area (Å²) in [7, 11) is 0. The van der Waals surface area contributed by atoms with Crippen LogP contribution in [0.2, 0.25) is 0 Å². The zero-order valence-corrected chi connectivity index (χ0v) is 12.6. The summed E-state index contributed by atoms with van der Waals surface area (Å²) in [4.78, 5) is 17.4. The van der Waals surface area contributed by atoms with E-state index in [0.717, 1.165) is 42.7 Å². The number of pyridine rings is 1. The standard InChI is InChI=1S/C16H20N4O2/c1-11(17)13-3-2-8-19(10-13)16-7-4-12-9-14(20(21)22)5-6-15(12)18-16/h4-7,9,11,13H,2-3,8,10,17H2,1H3. The van der Waals surface area contributed by atoms with Gasteiger partial charge in [-0.2, -0.15) is 0 Å². The van der Waals surface area contributed by atoms with E-state index in [1.807, 2.05) is 12.1 Å². The van der Waals surface area contributed by atoms with E-state index in [1.165, 1.54) is 6.07 Å². The normalized spacial score (nSPS) is 20.1. The van der Waals surface area contributed by atoms with Crippen LogP contribution in [0.3, 0.4) is 0 Å². The highest BCUT2D eigenvalue weighted by Gasteiger charge is 2.23. The van der Waals surface area contributed by atoms with Gasteiger partial charge in [-0.3, -0.25) is 10.1 Å². The van der Waals surface area contributed by atoms with Crippen molar-refractivity contribution in [3.8, 4) is 0 Å². The van der Waals surface area contributed by atoms with Crippen LogP contribution in [0.5, 0.6) is 0 Å². The molecule has 0 spiro atoms. The van der Waals surface area contributed by atoms with Gasteiger partial charge in [-0.1, -0.05) is 0 Å². The van der Waals surface area contributed by atoms with Crippen LogP contribution in [0.4, 0.5) is 11.5 Å². The summed E-state index contributed by atoms with van der Waals surface area (Å²) >= 11 is 0. The van der Waals surface area contributed by atoms with E-state index in [2.05, 4.69) is 16.8 Å². The number of hydrogen-bond acceptors (Lipinski definition) is 5. The molecule has 1 aromatic carbocycles. The van der Waals surface area contributed by atoms with E-state index >= 15 is 0 Å². The van der Waals surface area contributed by atoms with Gasteiger partial charge in [0.05, 0.1) is 10.4 Å². The molecule has 2 atom stereocenters. The molecule has 2 aromatic rings. The summed E-state index contributed by atoms with van der Waals surface area (Å²) < 4.78 is 0. The second kappa shape index (κ2) is 5.88. The van der Waals surface area contributed by atoms with Crippen LogP contribution in [0.15, 0.2) is 30.3 Å². The minimum atomic E-state index is -0.384. The minimum Gasteiger partial charge on any atom is -0.356 e. The van der Waals surface area contributed by atoms with Crippen molar-refractivity contribution in [3.05, 3.63) is 40.4 Å². The summed E-state index contributed by atoms with van der Waals surface area (Å²) in [5.41, 5.74) is 6.91. The van der Waals surface area contributed by atoms with Gasteiger partial charge in [-0.05, 0) is 43.9 Å². The van der Waals surface area contributed by atoms with E-state index in [9.17, 15) is 10.1 Å². The van der Waals surface area contributed by atoms with E-state index in [1.54, 1.807) is 12.1 Å². The Morgan fingerprint density at radius 2 is 2.23 bits per heavy atom. The maximum atomic E-state index is 10.8. The van der Waals surface area contributed by atoms with Crippen molar-refractivity contribution in [1.82, 2.24) is 4.98 Å². The highest BCUT2D eigenvalue weighted by atomic mass is 16.6. The Hall–Kier alpha value is -2.21. The maximum absolute atomic E-state index is 10.8. The van der Waals surface area contributed by atoms with Crippen molar-refractivity contribution in [2.24, 2.45) is 11.7 Å². The number of nitrogens with two attached hydrogens (primary N) is 1. The van der Waals surface area contributed by atoms with E-state index in [0.29, 0.717) is 5.92 Å². The van der Waals surface area contributed by atoms with Gasteiger partial charge < -0.3 is 10.6 Å². The lowest BCUT2D eigenvalue weighted by molar-refractivity contribution is -0.384. The van der Waals surface area contributed by atoms with E-state index in [-0.39, 0.29) is 16.7 Å². The first-order valence-corrected chi connectivity index (χ1v) is 7.60. The highest BCUT2D eigenvalue weighted by molar-refractivity contribution is 5.82. The average molecular weight is 300 g/mol. The summed E-state index contributed by atoms with van der Waals surface area (Å²) in [5.74, 6) is 1.41.